The summed E-state index contributed by atoms with van der Waals surface area (Å²) in [5.74, 6) is 0.0252. The molecule has 4 nitrogen and oxygen atoms in total. The van der Waals surface area contributed by atoms with Crippen LogP contribution in [-0.2, 0) is 4.79 Å². The van der Waals surface area contributed by atoms with Crippen LogP contribution in [0.5, 0.6) is 0 Å². The molecular formula is C17H23N3O. The molecule has 0 atom stereocenters. The number of pyridine rings is 1. The van der Waals surface area contributed by atoms with Crippen LogP contribution in [0.1, 0.15) is 33.1 Å². The summed E-state index contributed by atoms with van der Waals surface area (Å²) in [6.07, 6.45) is 3.96. The molecule has 1 heterocycles. The molecule has 0 aliphatic heterocycles. The maximum absolute atomic E-state index is 12.0. The minimum Gasteiger partial charge on any atom is -0.330 e. The number of carbonyl (C=O) groups excluding carboxylic acids is 1. The second-order valence-electron chi connectivity index (χ2n) is 6.17. The van der Waals surface area contributed by atoms with E-state index in [-0.39, 0.29) is 11.3 Å². The number of anilines is 1. The number of benzene rings is 1. The van der Waals surface area contributed by atoms with Crippen LogP contribution >= 0.6 is 0 Å². The summed E-state index contributed by atoms with van der Waals surface area (Å²) >= 11 is 0. The largest absolute Gasteiger partial charge is 0.330 e. The van der Waals surface area contributed by atoms with E-state index >= 15 is 0 Å². The highest BCUT2D eigenvalue weighted by Gasteiger charge is 2.18. The maximum atomic E-state index is 12.0. The van der Waals surface area contributed by atoms with Crippen molar-refractivity contribution in [2.24, 2.45) is 11.1 Å². The van der Waals surface area contributed by atoms with Crippen LogP contribution in [0.2, 0.25) is 0 Å². The van der Waals surface area contributed by atoms with Crippen LogP contribution in [0.25, 0.3) is 10.9 Å². The van der Waals surface area contributed by atoms with E-state index in [0.717, 1.165) is 29.4 Å². The third-order valence-electron chi connectivity index (χ3n) is 3.72. The van der Waals surface area contributed by atoms with Gasteiger partial charge in [-0.2, -0.15) is 0 Å². The standard InChI is InChI=1S/C17H23N3O/c1-17(2,9-10-18)8-7-16(21)20-14-11-13-5-3-4-6-15(13)19-12-14/h3-6,11-12H,7-10,18H2,1-2H3,(H,20,21). The van der Waals surface area contributed by atoms with Gasteiger partial charge in [0.05, 0.1) is 17.4 Å². The first-order chi connectivity index (χ1) is 10.00. The Morgan fingerprint density at radius 3 is 2.81 bits per heavy atom. The van der Waals surface area contributed by atoms with E-state index in [9.17, 15) is 4.79 Å². The van der Waals surface area contributed by atoms with Gasteiger partial charge in [-0.15, -0.1) is 0 Å². The monoisotopic (exact) mass is 285 g/mol. The average molecular weight is 285 g/mol. The number of fused-ring (bicyclic) bond motifs is 1. The normalized spacial score (nSPS) is 11.6. The molecule has 0 bridgehead atoms. The lowest BCUT2D eigenvalue weighted by molar-refractivity contribution is -0.116. The maximum Gasteiger partial charge on any atom is 0.224 e. The number of hydrogen-bond acceptors (Lipinski definition) is 3. The van der Waals surface area contributed by atoms with E-state index in [4.69, 9.17) is 5.73 Å². The van der Waals surface area contributed by atoms with Crippen LogP contribution < -0.4 is 11.1 Å². The highest BCUT2D eigenvalue weighted by molar-refractivity contribution is 5.93. The number of carbonyl (C=O) groups is 1. The van der Waals surface area contributed by atoms with E-state index in [2.05, 4.69) is 24.1 Å². The minimum atomic E-state index is 0.0252. The molecule has 0 saturated heterocycles. The topological polar surface area (TPSA) is 68.0 Å². The molecule has 0 aliphatic rings. The van der Waals surface area contributed by atoms with Gasteiger partial charge in [0, 0.05) is 11.8 Å². The van der Waals surface area contributed by atoms with Crippen molar-refractivity contribution < 1.29 is 4.79 Å². The summed E-state index contributed by atoms with van der Waals surface area (Å²) in [5, 5.41) is 3.94. The Hall–Kier alpha value is -1.94. The Labute approximate surface area is 125 Å². The number of hydrogen-bond donors (Lipinski definition) is 2. The number of rotatable bonds is 6. The molecule has 0 spiro atoms. The van der Waals surface area contributed by atoms with Gasteiger partial charge in [-0.25, -0.2) is 0 Å². The summed E-state index contributed by atoms with van der Waals surface area (Å²) in [6, 6.07) is 9.81. The molecule has 3 N–H and O–H groups in total. The third-order valence-corrected chi connectivity index (χ3v) is 3.72. The minimum absolute atomic E-state index is 0.0252. The lowest BCUT2D eigenvalue weighted by Crippen LogP contribution is -2.20. The third kappa shape index (κ3) is 4.53. The zero-order chi connectivity index (χ0) is 15.3. The molecule has 0 aliphatic carbocycles. The van der Waals surface area contributed by atoms with Gasteiger partial charge in [-0.05, 0) is 36.9 Å². The highest BCUT2D eigenvalue weighted by Crippen LogP contribution is 2.26. The molecule has 4 heteroatoms. The predicted octanol–water partition coefficient (Wildman–Crippen LogP) is 3.33. The summed E-state index contributed by atoms with van der Waals surface area (Å²) in [6.45, 7) is 4.94. The van der Waals surface area contributed by atoms with Crippen LogP contribution in [0.4, 0.5) is 5.69 Å². The first-order valence-corrected chi connectivity index (χ1v) is 7.35. The molecule has 0 saturated carbocycles. The van der Waals surface area contributed by atoms with Gasteiger partial charge in [0.2, 0.25) is 5.91 Å². The van der Waals surface area contributed by atoms with Gasteiger partial charge < -0.3 is 11.1 Å². The lowest BCUT2D eigenvalue weighted by atomic mass is 9.84. The van der Waals surface area contributed by atoms with Gasteiger partial charge in [0.25, 0.3) is 0 Å². The quantitative estimate of drug-likeness (QED) is 0.855. The van der Waals surface area contributed by atoms with E-state index in [1.807, 2.05) is 30.3 Å². The fourth-order valence-electron chi connectivity index (χ4n) is 2.33. The molecular weight excluding hydrogens is 262 g/mol. The average Bonchev–Trinajstić information content (AvgIpc) is 2.45. The zero-order valence-electron chi connectivity index (χ0n) is 12.7. The van der Waals surface area contributed by atoms with Crippen LogP contribution in [0.3, 0.4) is 0 Å². The van der Waals surface area contributed by atoms with Crippen molar-refractivity contribution in [2.75, 3.05) is 11.9 Å². The molecule has 1 aromatic carbocycles. The number of nitrogens with zero attached hydrogens (tertiary/aromatic N) is 1. The van der Waals surface area contributed by atoms with Crippen LogP contribution in [0.15, 0.2) is 36.5 Å². The lowest BCUT2D eigenvalue weighted by Gasteiger charge is -2.23. The van der Waals surface area contributed by atoms with Crippen LogP contribution in [-0.4, -0.2) is 17.4 Å². The molecule has 0 unspecified atom stereocenters. The predicted molar refractivity (Wildman–Crippen MR) is 87.1 cm³/mol. The Morgan fingerprint density at radius 2 is 2.05 bits per heavy atom. The number of amides is 1. The molecule has 21 heavy (non-hydrogen) atoms. The van der Waals surface area contributed by atoms with E-state index in [1.165, 1.54) is 0 Å². The fraction of sp³-hybridized carbons (Fsp3) is 0.412. The van der Waals surface area contributed by atoms with E-state index in [0.29, 0.717) is 13.0 Å². The van der Waals surface area contributed by atoms with Gasteiger partial charge in [0.15, 0.2) is 0 Å². The number of aromatic nitrogens is 1. The molecule has 2 aromatic rings. The van der Waals surface area contributed by atoms with Crippen molar-refractivity contribution in [1.82, 2.24) is 4.98 Å². The second kappa shape index (κ2) is 6.68. The smallest absolute Gasteiger partial charge is 0.224 e. The Kier molecular flexibility index (Phi) is 4.91. The van der Waals surface area contributed by atoms with Crippen molar-refractivity contribution >= 4 is 22.5 Å². The van der Waals surface area contributed by atoms with Gasteiger partial charge in [0.1, 0.15) is 0 Å². The van der Waals surface area contributed by atoms with Crippen molar-refractivity contribution in [3.63, 3.8) is 0 Å². The molecule has 0 radical (unpaired) electrons. The number of para-hydroxylation sites is 1. The summed E-state index contributed by atoms with van der Waals surface area (Å²) in [4.78, 5) is 16.4. The summed E-state index contributed by atoms with van der Waals surface area (Å²) in [7, 11) is 0. The highest BCUT2D eigenvalue weighted by atomic mass is 16.1. The Bertz CT molecular complexity index is 622. The second-order valence-corrected chi connectivity index (χ2v) is 6.17. The SMILES string of the molecule is CC(C)(CCN)CCC(=O)Nc1cnc2ccccc2c1. The van der Waals surface area contributed by atoms with Crippen molar-refractivity contribution in [3.8, 4) is 0 Å². The molecule has 2 rings (SSSR count). The van der Waals surface area contributed by atoms with Crippen LogP contribution in [0, 0.1) is 5.41 Å². The number of nitrogens with two attached hydrogens (primary N) is 1. The van der Waals surface area contributed by atoms with E-state index in [1.54, 1.807) is 6.20 Å². The van der Waals surface area contributed by atoms with Crippen molar-refractivity contribution in [3.05, 3.63) is 36.5 Å². The molecule has 0 fully saturated rings. The summed E-state index contributed by atoms with van der Waals surface area (Å²) < 4.78 is 0. The van der Waals surface area contributed by atoms with E-state index < -0.39 is 0 Å². The Balaban J connectivity index is 1.95. The first-order valence-electron chi connectivity index (χ1n) is 7.35. The summed E-state index contributed by atoms with van der Waals surface area (Å²) in [5.41, 5.74) is 7.37. The van der Waals surface area contributed by atoms with Crippen molar-refractivity contribution in [1.29, 1.82) is 0 Å². The van der Waals surface area contributed by atoms with Gasteiger partial charge >= 0.3 is 0 Å². The van der Waals surface area contributed by atoms with Gasteiger partial charge in [-0.3, -0.25) is 9.78 Å². The first kappa shape index (κ1) is 15.4. The molecule has 112 valence electrons. The van der Waals surface area contributed by atoms with Gasteiger partial charge in [-0.1, -0.05) is 32.0 Å². The number of nitrogens with one attached hydrogen (secondary N) is 1. The Morgan fingerprint density at radius 1 is 1.29 bits per heavy atom. The fourth-order valence-corrected chi connectivity index (χ4v) is 2.33. The zero-order valence-corrected chi connectivity index (χ0v) is 12.7. The van der Waals surface area contributed by atoms with Crippen molar-refractivity contribution in [2.45, 2.75) is 33.1 Å². The molecule has 1 aromatic heterocycles. The molecule has 1 amide bonds.